The van der Waals surface area contributed by atoms with E-state index in [9.17, 15) is 9.59 Å². The Hall–Kier alpha value is -2.18. The summed E-state index contributed by atoms with van der Waals surface area (Å²) < 4.78 is 5.25. The van der Waals surface area contributed by atoms with E-state index in [0.29, 0.717) is 35.6 Å². The van der Waals surface area contributed by atoms with Crippen LogP contribution in [0.1, 0.15) is 37.6 Å². The summed E-state index contributed by atoms with van der Waals surface area (Å²) in [5, 5.41) is 5.41. The Balaban J connectivity index is 1.78. The van der Waals surface area contributed by atoms with Gasteiger partial charge in [0.15, 0.2) is 0 Å². The molecule has 1 aromatic heterocycles. The van der Waals surface area contributed by atoms with Crippen molar-refractivity contribution in [2.75, 3.05) is 31.6 Å². The van der Waals surface area contributed by atoms with Gasteiger partial charge in [0, 0.05) is 24.0 Å². The third kappa shape index (κ3) is 5.00. The van der Waals surface area contributed by atoms with E-state index in [-0.39, 0.29) is 5.91 Å². The van der Waals surface area contributed by atoms with Crippen LogP contribution >= 0.6 is 11.3 Å². The molecule has 2 heterocycles. The molecule has 1 saturated heterocycles. The fourth-order valence-electron chi connectivity index (χ4n) is 3.98. The molecule has 1 N–H and O–H groups in total. The van der Waals surface area contributed by atoms with Gasteiger partial charge in [0.25, 0.3) is 0 Å². The van der Waals surface area contributed by atoms with E-state index >= 15 is 0 Å². The van der Waals surface area contributed by atoms with Crippen LogP contribution in [-0.2, 0) is 9.53 Å². The third-order valence-electron chi connectivity index (χ3n) is 4.92. The van der Waals surface area contributed by atoms with E-state index in [1.165, 1.54) is 17.8 Å². The lowest BCUT2D eigenvalue weighted by Crippen LogP contribution is -2.42. The number of likely N-dealkylation sites (tertiary alicyclic amines) is 1. The van der Waals surface area contributed by atoms with Crippen LogP contribution in [-0.4, -0.2) is 43.0 Å². The summed E-state index contributed by atoms with van der Waals surface area (Å²) >= 11 is 1.37. The average Bonchev–Trinajstić information content (AvgIpc) is 3.05. The number of carbonyl (C=O) groups excluding carboxylic acids is 2. The van der Waals surface area contributed by atoms with Crippen molar-refractivity contribution in [3.8, 4) is 11.1 Å². The number of thiophene rings is 1. The second kappa shape index (κ2) is 9.34. The van der Waals surface area contributed by atoms with Gasteiger partial charge in [0.05, 0.1) is 13.2 Å². The van der Waals surface area contributed by atoms with Crippen LogP contribution in [0.25, 0.3) is 11.1 Å². The molecule has 0 unspecified atom stereocenters. The monoisotopic (exact) mass is 400 g/mol. The predicted molar refractivity (Wildman–Crippen MR) is 114 cm³/mol. The topological polar surface area (TPSA) is 58.6 Å². The highest BCUT2D eigenvalue weighted by Crippen LogP contribution is 2.36. The van der Waals surface area contributed by atoms with E-state index in [0.717, 1.165) is 24.2 Å². The molecule has 0 radical (unpaired) electrons. The number of nitrogens with one attached hydrogen (secondary N) is 1. The number of hydrogen-bond donors (Lipinski definition) is 1. The van der Waals surface area contributed by atoms with Gasteiger partial charge in [-0.2, -0.15) is 0 Å². The van der Waals surface area contributed by atoms with Crippen molar-refractivity contribution in [3.05, 3.63) is 41.3 Å². The summed E-state index contributed by atoms with van der Waals surface area (Å²) in [5.41, 5.74) is 2.16. The Morgan fingerprint density at radius 2 is 1.86 bits per heavy atom. The SMILES string of the molecule is CCOC(=O)c1c(-c2ccccc2)csc1NC(=O)CN1C[C@@H](C)C[C@H](C)C1. The fourth-order valence-corrected chi connectivity index (χ4v) is 4.95. The van der Waals surface area contributed by atoms with Crippen LogP contribution in [0.5, 0.6) is 0 Å². The van der Waals surface area contributed by atoms with Gasteiger partial charge in [-0.05, 0) is 30.7 Å². The highest BCUT2D eigenvalue weighted by molar-refractivity contribution is 7.15. The van der Waals surface area contributed by atoms with Gasteiger partial charge in [0.1, 0.15) is 10.6 Å². The van der Waals surface area contributed by atoms with E-state index in [1.54, 1.807) is 6.92 Å². The lowest BCUT2D eigenvalue weighted by atomic mass is 9.92. The second-order valence-electron chi connectivity index (χ2n) is 7.63. The first-order chi connectivity index (χ1) is 13.5. The van der Waals surface area contributed by atoms with Gasteiger partial charge in [-0.25, -0.2) is 4.79 Å². The summed E-state index contributed by atoms with van der Waals surface area (Å²) in [7, 11) is 0. The Kier molecular flexibility index (Phi) is 6.86. The minimum absolute atomic E-state index is 0.0895. The molecule has 1 amide bonds. The molecule has 28 heavy (non-hydrogen) atoms. The van der Waals surface area contributed by atoms with Crippen LogP contribution in [0.4, 0.5) is 5.00 Å². The standard InChI is InChI=1S/C22H28N2O3S/c1-4-27-22(26)20-18(17-8-6-5-7-9-17)14-28-21(20)23-19(25)13-24-11-15(2)10-16(3)12-24/h5-9,14-16H,4,10-13H2,1-3H3,(H,23,25)/t15-,16-/m0/s1. The summed E-state index contributed by atoms with van der Waals surface area (Å²) in [4.78, 5) is 27.5. The fraction of sp³-hybridized carbons (Fsp3) is 0.455. The quantitative estimate of drug-likeness (QED) is 0.725. The van der Waals surface area contributed by atoms with E-state index < -0.39 is 5.97 Å². The average molecular weight is 401 g/mol. The summed E-state index contributed by atoms with van der Waals surface area (Å²) in [6.07, 6.45) is 1.20. The van der Waals surface area contributed by atoms with Gasteiger partial charge in [0.2, 0.25) is 5.91 Å². The molecule has 2 atom stereocenters. The molecule has 1 aliphatic heterocycles. The molecular weight excluding hydrogens is 372 g/mol. The molecule has 1 aromatic carbocycles. The molecule has 5 nitrogen and oxygen atoms in total. The number of nitrogens with zero attached hydrogens (tertiary/aromatic N) is 1. The lowest BCUT2D eigenvalue weighted by molar-refractivity contribution is -0.117. The number of anilines is 1. The van der Waals surface area contributed by atoms with Crippen LogP contribution in [0, 0.1) is 11.8 Å². The number of rotatable bonds is 6. The van der Waals surface area contributed by atoms with Crippen molar-refractivity contribution in [2.24, 2.45) is 11.8 Å². The van der Waals surface area contributed by atoms with E-state index in [4.69, 9.17) is 4.74 Å². The number of piperidine rings is 1. The number of esters is 1. The van der Waals surface area contributed by atoms with Crippen molar-refractivity contribution >= 4 is 28.2 Å². The van der Waals surface area contributed by atoms with Crippen molar-refractivity contribution in [2.45, 2.75) is 27.2 Å². The highest BCUT2D eigenvalue weighted by atomic mass is 32.1. The first-order valence-corrected chi connectivity index (χ1v) is 10.7. The van der Waals surface area contributed by atoms with Crippen LogP contribution in [0.15, 0.2) is 35.7 Å². The van der Waals surface area contributed by atoms with Crippen molar-refractivity contribution < 1.29 is 14.3 Å². The van der Waals surface area contributed by atoms with Gasteiger partial charge >= 0.3 is 5.97 Å². The van der Waals surface area contributed by atoms with E-state index in [1.807, 2.05) is 35.7 Å². The molecule has 0 saturated carbocycles. The van der Waals surface area contributed by atoms with Gasteiger partial charge in [-0.1, -0.05) is 44.2 Å². The lowest BCUT2D eigenvalue weighted by Gasteiger charge is -2.34. The van der Waals surface area contributed by atoms with Gasteiger partial charge in [-0.15, -0.1) is 11.3 Å². The molecule has 150 valence electrons. The molecule has 2 aromatic rings. The summed E-state index contributed by atoms with van der Waals surface area (Å²) in [6, 6.07) is 9.70. The molecule has 1 fully saturated rings. The largest absolute Gasteiger partial charge is 0.462 e. The normalized spacial score (nSPS) is 20.0. The molecular formula is C22H28N2O3S. The molecule has 0 aliphatic carbocycles. The Morgan fingerprint density at radius 1 is 1.18 bits per heavy atom. The summed E-state index contributed by atoms with van der Waals surface area (Å²) in [5.74, 6) is 0.697. The number of ether oxygens (including phenoxy) is 1. The first kappa shape index (κ1) is 20.6. The zero-order chi connectivity index (χ0) is 20.1. The van der Waals surface area contributed by atoms with Crippen LogP contribution in [0.2, 0.25) is 0 Å². The van der Waals surface area contributed by atoms with E-state index in [2.05, 4.69) is 24.1 Å². The Labute approximate surface area is 170 Å². The van der Waals surface area contributed by atoms with Crippen molar-refractivity contribution in [1.82, 2.24) is 4.90 Å². The smallest absolute Gasteiger partial charge is 0.341 e. The van der Waals surface area contributed by atoms with Crippen LogP contribution in [0.3, 0.4) is 0 Å². The van der Waals surface area contributed by atoms with Crippen molar-refractivity contribution in [3.63, 3.8) is 0 Å². The maximum atomic E-state index is 12.7. The molecule has 3 rings (SSSR count). The van der Waals surface area contributed by atoms with Gasteiger partial charge in [-0.3, -0.25) is 9.69 Å². The highest BCUT2D eigenvalue weighted by Gasteiger charge is 2.26. The maximum Gasteiger partial charge on any atom is 0.341 e. The zero-order valence-corrected chi connectivity index (χ0v) is 17.6. The zero-order valence-electron chi connectivity index (χ0n) is 16.7. The van der Waals surface area contributed by atoms with Gasteiger partial charge < -0.3 is 10.1 Å². The Morgan fingerprint density at radius 3 is 2.50 bits per heavy atom. The molecule has 0 spiro atoms. The molecule has 1 aliphatic rings. The minimum atomic E-state index is -0.405. The Bertz CT molecular complexity index is 808. The molecule has 0 bridgehead atoms. The maximum absolute atomic E-state index is 12.7. The molecule has 6 heteroatoms. The third-order valence-corrected chi connectivity index (χ3v) is 5.82. The van der Waals surface area contributed by atoms with Crippen molar-refractivity contribution in [1.29, 1.82) is 0 Å². The second-order valence-corrected chi connectivity index (χ2v) is 8.51. The first-order valence-electron chi connectivity index (χ1n) is 9.84. The number of carbonyl (C=O) groups is 2. The van der Waals surface area contributed by atoms with Crippen LogP contribution < -0.4 is 5.32 Å². The number of hydrogen-bond acceptors (Lipinski definition) is 5. The predicted octanol–water partition coefficient (Wildman–Crippen LogP) is 4.51. The number of amides is 1. The number of benzene rings is 1. The minimum Gasteiger partial charge on any atom is -0.462 e. The summed E-state index contributed by atoms with van der Waals surface area (Å²) in [6.45, 7) is 8.73.